The lowest BCUT2D eigenvalue weighted by molar-refractivity contribution is -0.427. The van der Waals surface area contributed by atoms with Gasteiger partial charge in [0, 0.05) is 38.6 Å². The maximum absolute atomic E-state index is 4.22. The van der Waals surface area contributed by atoms with Crippen molar-refractivity contribution in [2.75, 3.05) is 33.2 Å². The third kappa shape index (κ3) is 2.47. The van der Waals surface area contributed by atoms with E-state index in [2.05, 4.69) is 22.6 Å². The summed E-state index contributed by atoms with van der Waals surface area (Å²) < 4.78 is 0. The van der Waals surface area contributed by atoms with Gasteiger partial charge in [0.2, 0.25) is 0 Å². The number of hydrogen-bond donors (Lipinski definition) is 1. The third-order valence-electron chi connectivity index (χ3n) is 3.81. The van der Waals surface area contributed by atoms with Crippen LogP contribution >= 0.6 is 0 Å². The first kappa shape index (κ1) is 10.4. The van der Waals surface area contributed by atoms with E-state index in [9.17, 15) is 0 Å². The van der Waals surface area contributed by atoms with Gasteiger partial charge in [-0.2, -0.15) is 0 Å². The highest BCUT2D eigenvalue weighted by Crippen LogP contribution is 2.21. The molecular weight excluding hydrogens is 174 g/mol. The van der Waals surface area contributed by atoms with Gasteiger partial charge in [-0.3, -0.25) is 4.90 Å². The molecule has 2 fully saturated rings. The van der Waals surface area contributed by atoms with E-state index in [0.717, 1.165) is 6.04 Å². The van der Waals surface area contributed by atoms with Gasteiger partial charge in [0.25, 0.3) is 0 Å². The fourth-order valence-electron chi connectivity index (χ4n) is 2.78. The lowest BCUT2D eigenvalue weighted by Crippen LogP contribution is -2.64. The first-order valence-corrected chi connectivity index (χ1v) is 6.01. The minimum Gasteiger partial charge on any atom is -0.355 e. The zero-order valence-corrected chi connectivity index (χ0v) is 9.41. The van der Waals surface area contributed by atoms with Gasteiger partial charge in [-0.1, -0.05) is 0 Å². The van der Waals surface area contributed by atoms with Crippen LogP contribution in [0.5, 0.6) is 0 Å². The van der Waals surface area contributed by atoms with Gasteiger partial charge in [0.15, 0.2) is 0 Å². The summed E-state index contributed by atoms with van der Waals surface area (Å²) in [4.78, 5) is 5.12. The molecule has 3 nitrogen and oxygen atoms in total. The first-order valence-electron chi connectivity index (χ1n) is 6.01. The number of piperazine rings is 1. The molecule has 0 bridgehead atoms. The molecule has 0 aromatic rings. The van der Waals surface area contributed by atoms with E-state index in [4.69, 9.17) is 0 Å². The molecule has 1 aliphatic carbocycles. The van der Waals surface area contributed by atoms with Gasteiger partial charge in [-0.05, 0) is 26.3 Å². The highest BCUT2D eigenvalue weighted by Gasteiger charge is 2.28. The van der Waals surface area contributed by atoms with Crippen LogP contribution in [0.3, 0.4) is 0 Å². The lowest BCUT2D eigenvalue weighted by atomic mass is 9.90. The average Bonchev–Trinajstić information content (AvgIpc) is 2.19. The summed E-state index contributed by atoms with van der Waals surface area (Å²) in [5, 5.41) is 0. The molecule has 2 atom stereocenters. The number of hydrogen-bond acceptors (Lipinski definition) is 2. The van der Waals surface area contributed by atoms with Crippen molar-refractivity contribution >= 4 is 0 Å². The summed E-state index contributed by atoms with van der Waals surface area (Å²) in [5.74, 6) is 0. The molecule has 0 aromatic carbocycles. The molecule has 1 saturated carbocycles. The first-order chi connectivity index (χ1) is 6.75. The zero-order chi connectivity index (χ0) is 9.97. The van der Waals surface area contributed by atoms with Crippen molar-refractivity contribution in [2.24, 2.45) is 0 Å². The maximum Gasteiger partial charge on any atom is 0.0858 e. The average molecular weight is 198 g/mol. The van der Waals surface area contributed by atoms with Crippen molar-refractivity contribution < 1.29 is 5.73 Å². The number of rotatable bonds is 1. The van der Waals surface area contributed by atoms with Crippen molar-refractivity contribution in [3.63, 3.8) is 0 Å². The second-order valence-corrected chi connectivity index (χ2v) is 5.03. The molecule has 0 amide bonds. The fourth-order valence-corrected chi connectivity index (χ4v) is 2.78. The quantitative estimate of drug-likeness (QED) is 0.632. The summed E-state index contributed by atoms with van der Waals surface area (Å²) in [5.41, 5.74) is 4.22. The summed E-state index contributed by atoms with van der Waals surface area (Å²) in [6, 6.07) is 1.56. The summed E-state index contributed by atoms with van der Waals surface area (Å²) >= 11 is 0. The smallest absolute Gasteiger partial charge is 0.0858 e. The van der Waals surface area contributed by atoms with E-state index < -0.39 is 0 Å². The number of likely N-dealkylation sites (N-methyl/N-ethyl adjacent to an activating group) is 1. The van der Waals surface area contributed by atoms with Crippen LogP contribution in [0.2, 0.25) is 0 Å². The predicted molar refractivity (Wildman–Crippen MR) is 58.0 cm³/mol. The molecule has 0 unspecified atom stereocenters. The summed E-state index contributed by atoms with van der Waals surface area (Å²) in [7, 11) is 2.22. The fraction of sp³-hybridized carbons (Fsp3) is 1.00. The topological polar surface area (TPSA) is 34.1 Å². The van der Waals surface area contributed by atoms with Crippen LogP contribution in [0.25, 0.3) is 0 Å². The molecule has 14 heavy (non-hydrogen) atoms. The number of quaternary nitrogens is 1. The molecule has 2 rings (SSSR count). The molecule has 1 saturated heterocycles. The number of nitrogens with zero attached hydrogens (tertiary/aromatic N) is 2. The molecule has 2 aliphatic rings. The Morgan fingerprint density at radius 1 is 1.07 bits per heavy atom. The van der Waals surface area contributed by atoms with Crippen LogP contribution in [0.1, 0.15) is 25.7 Å². The maximum atomic E-state index is 4.22. The second-order valence-electron chi connectivity index (χ2n) is 5.03. The summed E-state index contributed by atoms with van der Waals surface area (Å²) in [6.45, 7) is 5.04. The van der Waals surface area contributed by atoms with Gasteiger partial charge >= 0.3 is 0 Å². The third-order valence-corrected chi connectivity index (χ3v) is 3.81. The molecule has 1 aliphatic heterocycles. The largest absolute Gasteiger partial charge is 0.355 e. The monoisotopic (exact) mass is 198 g/mol. The molecule has 0 aromatic heterocycles. The Bertz CT molecular complexity index is 175. The van der Waals surface area contributed by atoms with E-state index in [1.165, 1.54) is 51.9 Å². The molecule has 1 heterocycles. The minimum absolute atomic E-state index is 0.716. The van der Waals surface area contributed by atoms with Crippen molar-refractivity contribution in [1.29, 1.82) is 0 Å². The second kappa shape index (κ2) is 4.60. The van der Waals surface area contributed by atoms with Gasteiger partial charge in [-0.15, -0.1) is 0 Å². The van der Waals surface area contributed by atoms with E-state index in [0.29, 0.717) is 6.04 Å². The van der Waals surface area contributed by atoms with Gasteiger partial charge in [0.05, 0.1) is 6.04 Å². The molecular formula is C11H24N3+. The molecule has 3 heteroatoms. The molecule has 3 N–H and O–H groups in total. The highest BCUT2D eigenvalue weighted by atomic mass is 15.3. The Kier molecular flexibility index (Phi) is 3.42. The van der Waals surface area contributed by atoms with E-state index in [1.807, 2.05) is 0 Å². The van der Waals surface area contributed by atoms with Crippen molar-refractivity contribution in [2.45, 2.75) is 37.8 Å². The predicted octanol–water partition coefficient (Wildman–Crippen LogP) is -0.213. The molecule has 82 valence electrons. The van der Waals surface area contributed by atoms with Gasteiger partial charge in [-0.25, -0.2) is 0 Å². The van der Waals surface area contributed by atoms with Gasteiger partial charge < -0.3 is 10.6 Å². The normalized spacial score (nSPS) is 37.3. The zero-order valence-electron chi connectivity index (χ0n) is 9.41. The van der Waals surface area contributed by atoms with Crippen LogP contribution in [-0.4, -0.2) is 55.1 Å². The van der Waals surface area contributed by atoms with Crippen molar-refractivity contribution in [3.05, 3.63) is 0 Å². The van der Waals surface area contributed by atoms with Crippen LogP contribution in [-0.2, 0) is 0 Å². The molecule has 0 spiro atoms. The van der Waals surface area contributed by atoms with Crippen LogP contribution in [0.4, 0.5) is 0 Å². The standard InChI is InChI=1S/C11H23N3/c1-13-5-7-14(8-6-13)11-4-2-3-10(12)9-11/h10-11H,2-9,12H2,1H3/p+1/t10-,11-/m0/s1. The van der Waals surface area contributed by atoms with Crippen molar-refractivity contribution in [3.8, 4) is 0 Å². The van der Waals surface area contributed by atoms with Crippen LogP contribution in [0, 0.1) is 0 Å². The lowest BCUT2D eigenvalue weighted by Gasteiger charge is -2.40. The Balaban J connectivity index is 1.82. The Morgan fingerprint density at radius 2 is 1.79 bits per heavy atom. The SMILES string of the molecule is CN1CCN([C@H]2CCC[C@H]([NH3+])C2)CC1. The Labute approximate surface area is 87.2 Å². The van der Waals surface area contributed by atoms with Gasteiger partial charge in [0.1, 0.15) is 0 Å². The van der Waals surface area contributed by atoms with Crippen molar-refractivity contribution in [1.82, 2.24) is 9.80 Å². The van der Waals surface area contributed by atoms with E-state index in [-0.39, 0.29) is 0 Å². The Morgan fingerprint density at radius 3 is 2.43 bits per heavy atom. The van der Waals surface area contributed by atoms with E-state index >= 15 is 0 Å². The van der Waals surface area contributed by atoms with E-state index in [1.54, 1.807) is 0 Å². The molecule has 0 radical (unpaired) electrons. The Hall–Kier alpha value is -0.120. The highest BCUT2D eigenvalue weighted by molar-refractivity contribution is 4.82. The van der Waals surface area contributed by atoms with Crippen LogP contribution < -0.4 is 5.73 Å². The summed E-state index contributed by atoms with van der Waals surface area (Å²) in [6.07, 6.45) is 5.49. The van der Waals surface area contributed by atoms with Crippen LogP contribution in [0.15, 0.2) is 0 Å². The minimum atomic E-state index is 0.716.